The second-order valence-electron chi connectivity index (χ2n) is 5.63. The Morgan fingerprint density at radius 2 is 2.14 bits per heavy atom. The molecule has 1 saturated heterocycles. The van der Waals surface area contributed by atoms with Gasteiger partial charge >= 0.3 is 0 Å². The van der Waals surface area contributed by atoms with Crippen LogP contribution in [0.3, 0.4) is 0 Å². The maximum Gasteiger partial charge on any atom is 0.242 e. The summed E-state index contributed by atoms with van der Waals surface area (Å²) in [5, 5.41) is 3.70. The summed E-state index contributed by atoms with van der Waals surface area (Å²) in [5.41, 5.74) is 1.40. The van der Waals surface area contributed by atoms with Crippen molar-refractivity contribution in [1.82, 2.24) is 4.31 Å². The van der Waals surface area contributed by atoms with Crippen LogP contribution in [0, 0.1) is 6.92 Å². The van der Waals surface area contributed by atoms with Gasteiger partial charge in [-0.15, -0.1) is 0 Å². The number of carbonyl (C=O) groups is 1. The van der Waals surface area contributed by atoms with Gasteiger partial charge in [0.1, 0.15) is 17.4 Å². The first-order valence-electron chi connectivity index (χ1n) is 7.12. The van der Waals surface area contributed by atoms with Crippen molar-refractivity contribution in [2.75, 3.05) is 18.1 Å². The van der Waals surface area contributed by atoms with Gasteiger partial charge in [-0.1, -0.05) is 0 Å². The molecule has 1 aliphatic heterocycles. The van der Waals surface area contributed by atoms with Crippen LogP contribution in [0.25, 0.3) is 11.0 Å². The van der Waals surface area contributed by atoms with Crippen LogP contribution in [0.4, 0.5) is 5.69 Å². The number of aryl methyl sites for hydroxylation is 1. The topological polar surface area (TPSA) is 79.6 Å². The largest absolute Gasteiger partial charge is 0.461 e. The molecule has 1 atom stereocenters. The molecule has 0 spiro atoms. The molecule has 1 amide bonds. The summed E-state index contributed by atoms with van der Waals surface area (Å²) >= 11 is 0. The number of anilines is 1. The van der Waals surface area contributed by atoms with Crippen LogP contribution in [0.5, 0.6) is 0 Å². The van der Waals surface area contributed by atoms with E-state index < -0.39 is 16.1 Å². The van der Waals surface area contributed by atoms with Gasteiger partial charge in [-0.05, 0) is 44.0 Å². The molecule has 0 saturated carbocycles. The number of nitrogens with zero attached hydrogens (tertiary/aromatic N) is 1. The Morgan fingerprint density at radius 3 is 2.86 bits per heavy atom. The number of rotatable bonds is 3. The molecule has 2 heterocycles. The highest BCUT2D eigenvalue weighted by molar-refractivity contribution is 7.88. The lowest BCUT2D eigenvalue weighted by Gasteiger charge is -2.21. The molecule has 118 valence electrons. The Hall–Kier alpha value is -1.86. The highest BCUT2D eigenvalue weighted by atomic mass is 32.2. The second-order valence-corrected chi connectivity index (χ2v) is 7.57. The second kappa shape index (κ2) is 5.40. The van der Waals surface area contributed by atoms with Crippen LogP contribution in [-0.4, -0.2) is 37.5 Å². The maximum atomic E-state index is 12.4. The Kier molecular flexibility index (Phi) is 3.70. The molecule has 2 aromatic rings. The highest BCUT2D eigenvalue weighted by Crippen LogP contribution is 2.25. The smallest absolute Gasteiger partial charge is 0.242 e. The Balaban J connectivity index is 1.80. The molecule has 7 heteroatoms. The minimum absolute atomic E-state index is 0.289. The first-order chi connectivity index (χ1) is 10.3. The molecule has 1 N–H and O–H groups in total. The van der Waals surface area contributed by atoms with Crippen molar-refractivity contribution in [3.63, 3.8) is 0 Å². The fraction of sp³-hybridized carbons (Fsp3) is 0.400. The number of hydrogen-bond acceptors (Lipinski definition) is 4. The Bertz CT molecular complexity index is 825. The van der Waals surface area contributed by atoms with Crippen molar-refractivity contribution >= 4 is 32.6 Å². The van der Waals surface area contributed by atoms with Crippen molar-refractivity contribution in [2.24, 2.45) is 0 Å². The van der Waals surface area contributed by atoms with E-state index in [2.05, 4.69) is 5.32 Å². The van der Waals surface area contributed by atoms with E-state index in [9.17, 15) is 13.2 Å². The SMILES string of the molecule is Cc1cc2cc(NC(=O)[C@@H]3CCCN3S(C)(=O)=O)ccc2o1. The number of sulfonamides is 1. The van der Waals surface area contributed by atoms with Crippen LogP contribution < -0.4 is 5.32 Å². The van der Waals surface area contributed by atoms with Gasteiger partial charge in [-0.3, -0.25) is 4.79 Å². The number of fused-ring (bicyclic) bond motifs is 1. The van der Waals surface area contributed by atoms with Gasteiger partial charge in [-0.25, -0.2) is 8.42 Å². The average molecular weight is 322 g/mol. The van der Waals surface area contributed by atoms with Gasteiger partial charge in [0.05, 0.1) is 6.26 Å². The van der Waals surface area contributed by atoms with Crippen LogP contribution in [0.2, 0.25) is 0 Å². The third kappa shape index (κ3) is 2.86. The first-order valence-corrected chi connectivity index (χ1v) is 8.97. The van der Waals surface area contributed by atoms with Crippen LogP contribution >= 0.6 is 0 Å². The average Bonchev–Trinajstić information content (AvgIpc) is 3.02. The fourth-order valence-electron chi connectivity index (χ4n) is 2.88. The minimum atomic E-state index is -3.36. The summed E-state index contributed by atoms with van der Waals surface area (Å²) in [4.78, 5) is 12.4. The number of hydrogen-bond donors (Lipinski definition) is 1. The molecule has 1 aromatic heterocycles. The molecule has 3 rings (SSSR count). The molecule has 6 nitrogen and oxygen atoms in total. The molecule has 0 radical (unpaired) electrons. The molecule has 22 heavy (non-hydrogen) atoms. The van der Waals surface area contributed by atoms with E-state index in [-0.39, 0.29) is 5.91 Å². The lowest BCUT2D eigenvalue weighted by Crippen LogP contribution is -2.42. The van der Waals surface area contributed by atoms with Crippen molar-refractivity contribution in [3.8, 4) is 0 Å². The van der Waals surface area contributed by atoms with Crippen LogP contribution in [-0.2, 0) is 14.8 Å². The highest BCUT2D eigenvalue weighted by Gasteiger charge is 2.36. The number of benzene rings is 1. The number of carbonyl (C=O) groups excluding carboxylic acids is 1. The maximum absolute atomic E-state index is 12.4. The zero-order valence-corrected chi connectivity index (χ0v) is 13.3. The molecular formula is C15H18N2O4S. The summed E-state index contributed by atoms with van der Waals surface area (Å²) in [6.45, 7) is 2.26. The fourth-order valence-corrected chi connectivity index (χ4v) is 4.00. The molecule has 0 aliphatic carbocycles. The van der Waals surface area contributed by atoms with E-state index in [1.165, 1.54) is 4.31 Å². The predicted octanol–water partition coefficient (Wildman–Crippen LogP) is 2.10. The van der Waals surface area contributed by atoms with Gasteiger partial charge < -0.3 is 9.73 Å². The van der Waals surface area contributed by atoms with E-state index in [1.54, 1.807) is 12.1 Å². The molecule has 1 aromatic carbocycles. The van der Waals surface area contributed by atoms with Gasteiger partial charge in [0, 0.05) is 17.6 Å². The molecule has 0 unspecified atom stereocenters. The van der Waals surface area contributed by atoms with Crippen molar-refractivity contribution in [3.05, 3.63) is 30.0 Å². The summed E-state index contributed by atoms with van der Waals surface area (Å²) in [6, 6.07) is 6.63. The molecule has 0 bridgehead atoms. The summed E-state index contributed by atoms with van der Waals surface area (Å²) in [6.07, 6.45) is 2.38. The van der Waals surface area contributed by atoms with Crippen LogP contribution in [0.15, 0.2) is 28.7 Å². The van der Waals surface area contributed by atoms with E-state index in [0.29, 0.717) is 25.1 Å². The zero-order valence-electron chi connectivity index (χ0n) is 12.5. The predicted molar refractivity (Wildman–Crippen MR) is 84.2 cm³/mol. The minimum Gasteiger partial charge on any atom is -0.461 e. The Morgan fingerprint density at radius 1 is 1.36 bits per heavy atom. The van der Waals surface area contributed by atoms with Gasteiger partial charge in [0.2, 0.25) is 15.9 Å². The number of amides is 1. The number of furan rings is 1. The van der Waals surface area contributed by atoms with E-state index in [0.717, 1.165) is 23.0 Å². The molecule has 1 fully saturated rings. The lowest BCUT2D eigenvalue weighted by atomic mass is 10.2. The van der Waals surface area contributed by atoms with Crippen molar-refractivity contribution in [2.45, 2.75) is 25.8 Å². The summed E-state index contributed by atoms with van der Waals surface area (Å²) < 4.78 is 30.2. The van der Waals surface area contributed by atoms with E-state index >= 15 is 0 Å². The van der Waals surface area contributed by atoms with Gasteiger partial charge in [0.25, 0.3) is 0 Å². The van der Waals surface area contributed by atoms with Crippen LogP contribution in [0.1, 0.15) is 18.6 Å². The van der Waals surface area contributed by atoms with Gasteiger partial charge in [-0.2, -0.15) is 4.31 Å². The monoisotopic (exact) mass is 322 g/mol. The summed E-state index contributed by atoms with van der Waals surface area (Å²) in [7, 11) is -3.36. The summed E-state index contributed by atoms with van der Waals surface area (Å²) in [5.74, 6) is 0.514. The third-order valence-corrected chi connectivity index (χ3v) is 5.13. The Labute approximate surface area is 129 Å². The van der Waals surface area contributed by atoms with E-state index in [1.807, 2.05) is 19.1 Å². The molecule has 1 aliphatic rings. The first kappa shape index (κ1) is 15.1. The number of nitrogens with one attached hydrogen (secondary N) is 1. The normalized spacial score (nSPS) is 19.6. The molecular weight excluding hydrogens is 304 g/mol. The van der Waals surface area contributed by atoms with Crippen molar-refractivity contribution < 1.29 is 17.6 Å². The van der Waals surface area contributed by atoms with Crippen molar-refractivity contribution in [1.29, 1.82) is 0 Å². The van der Waals surface area contributed by atoms with Gasteiger partial charge in [0.15, 0.2) is 0 Å². The lowest BCUT2D eigenvalue weighted by molar-refractivity contribution is -0.119. The quantitative estimate of drug-likeness (QED) is 0.938. The standard InChI is InChI=1S/C15H18N2O4S/c1-10-8-11-9-12(5-6-14(11)21-10)16-15(18)13-4-3-7-17(13)22(2,19)20/h5-6,8-9,13H,3-4,7H2,1-2H3,(H,16,18)/t13-/m0/s1. The van der Waals surface area contributed by atoms with E-state index in [4.69, 9.17) is 4.42 Å². The third-order valence-electron chi connectivity index (χ3n) is 3.84. The zero-order chi connectivity index (χ0) is 15.9.